The molecule has 112 valence electrons. The SMILES string of the molecule is Cc1cccc(Sc2ccc(CNC(C)(C)C)c(C)c2)c1. The molecule has 0 aliphatic carbocycles. The van der Waals surface area contributed by atoms with Crippen molar-refractivity contribution in [3.05, 3.63) is 59.2 Å². The van der Waals surface area contributed by atoms with Gasteiger partial charge in [0.2, 0.25) is 0 Å². The molecule has 0 unspecified atom stereocenters. The Morgan fingerprint density at radius 3 is 2.29 bits per heavy atom. The maximum absolute atomic E-state index is 3.55. The zero-order valence-corrected chi connectivity index (χ0v) is 14.5. The first-order valence-electron chi connectivity index (χ1n) is 7.42. The second-order valence-electron chi connectivity index (χ2n) is 6.61. The Morgan fingerprint density at radius 2 is 1.67 bits per heavy atom. The molecular formula is C19H25NS. The van der Waals surface area contributed by atoms with Gasteiger partial charge in [0.15, 0.2) is 0 Å². The van der Waals surface area contributed by atoms with E-state index in [9.17, 15) is 0 Å². The second-order valence-corrected chi connectivity index (χ2v) is 7.76. The van der Waals surface area contributed by atoms with Gasteiger partial charge in [-0.15, -0.1) is 0 Å². The Morgan fingerprint density at radius 1 is 0.952 bits per heavy atom. The maximum atomic E-state index is 3.55. The van der Waals surface area contributed by atoms with E-state index in [2.05, 4.69) is 82.4 Å². The number of rotatable bonds is 4. The first-order chi connectivity index (χ1) is 9.83. The molecule has 0 radical (unpaired) electrons. The normalized spacial score (nSPS) is 11.7. The lowest BCUT2D eigenvalue weighted by Crippen LogP contribution is -2.35. The predicted molar refractivity (Wildman–Crippen MR) is 93.1 cm³/mol. The number of benzene rings is 2. The van der Waals surface area contributed by atoms with E-state index in [1.807, 2.05) is 11.8 Å². The Balaban J connectivity index is 2.08. The van der Waals surface area contributed by atoms with Crippen LogP contribution in [0.1, 0.15) is 37.5 Å². The Hall–Kier alpha value is -1.25. The summed E-state index contributed by atoms with van der Waals surface area (Å²) in [5.74, 6) is 0. The van der Waals surface area contributed by atoms with Gasteiger partial charge in [-0.05, 0) is 70.0 Å². The molecule has 0 aromatic heterocycles. The zero-order chi connectivity index (χ0) is 15.5. The van der Waals surface area contributed by atoms with Gasteiger partial charge in [0.25, 0.3) is 0 Å². The summed E-state index contributed by atoms with van der Waals surface area (Å²) in [6.07, 6.45) is 0. The van der Waals surface area contributed by atoms with Crippen LogP contribution in [0.3, 0.4) is 0 Å². The van der Waals surface area contributed by atoms with E-state index in [0.29, 0.717) is 0 Å². The zero-order valence-electron chi connectivity index (χ0n) is 13.7. The minimum absolute atomic E-state index is 0.154. The van der Waals surface area contributed by atoms with Crippen molar-refractivity contribution in [2.75, 3.05) is 0 Å². The van der Waals surface area contributed by atoms with Crippen LogP contribution in [0.15, 0.2) is 52.3 Å². The lowest BCUT2D eigenvalue weighted by atomic mass is 10.1. The highest BCUT2D eigenvalue weighted by Gasteiger charge is 2.09. The fourth-order valence-electron chi connectivity index (χ4n) is 2.11. The van der Waals surface area contributed by atoms with Crippen LogP contribution in [-0.2, 0) is 6.54 Å². The molecule has 0 amide bonds. The van der Waals surface area contributed by atoms with Crippen LogP contribution in [-0.4, -0.2) is 5.54 Å². The molecule has 1 nitrogen and oxygen atoms in total. The third-order valence-electron chi connectivity index (χ3n) is 3.35. The number of aryl methyl sites for hydroxylation is 2. The van der Waals surface area contributed by atoms with Crippen LogP contribution in [0.4, 0.5) is 0 Å². The number of hydrogen-bond acceptors (Lipinski definition) is 2. The van der Waals surface area contributed by atoms with Gasteiger partial charge >= 0.3 is 0 Å². The average molecular weight is 299 g/mol. The predicted octanol–water partition coefficient (Wildman–Crippen LogP) is 5.34. The van der Waals surface area contributed by atoms with Crippen molar-refractivity contribution in [2.24, 2.45) is 0 Å². The molecule has 21 heavy (non-hydrogen) atoms. The summed E-state index contributed by atoms with van der Waals surface area (Å²) in [6.45, 7) is 11.8. The van der Waals surface area contributed by atoms with Gasteiger partial charge in [0, 0.05) is 21.9 Å². The molecule has 2 heteroatoms. The highest BCUT2D eigenvalue weighted by Crippen LogP contribution is 2.29. The van der Waals surface area contributed by atoms with Crippen molar-refractivity contribution in [3.63, 3.8) is 0 Å². The van der Waals surface area contributed by atoms with E-state index >= 15 is 0 Å². The Labute approximate surface area is 133 Å². The quantitative estimate of drug-likeness (QED) is 0.817. The molecule has 0 fully saturated rings. The van der Waals surface area contributed by atoms with E-state index in [4.69, 9.17) is 0 Å². The highest BCUT2D eigenvalue weighted by atomic mass is 32.2. The minimum Gasteiger partial charge on any atom is -0.308 e. The minimum atomic E-state index is 0.154. The monoisotopic (exact) mass is 299 g/mol. The van der Waals surface area contributed by atoms with E-state index in [1.165, 1.54) is 26.5 Å². The maximum Gasteiger partial charge on any atom is 0.0212 e. The second kappa shape index (κ2) is 6.67. The molecule has 0 bridgehead atoms. The first kappa shape index (κ1) is 16.1. The summed E-state index contributed by atoms with van der Waals surface area (Å²) in [4.78, 5) is 2.60. The molecule has 1 N–H and O–H groups in total. The van der Waals surface area contributed by atoms with Crippen LogP contribution in [0, 0.1) is 13.8 Å². The van der Waals surface area contributed by atoms with Crippen LogP contribution in [0.2, 0.25) is 0 Å². The van der Waals surface area contributed by atoms with Gasteiger partial charge in [-0.2, -0.15) is 0 Å². The molecule has 2 aromatic rings. The average Bonchev–Trinajstić information content (AvgIpc) is 2.36. The summed E-state index contributed by atoms with van der Waals surface area (Å²) >= 11 is 1.83. The van der Waals surface area contributed by atoms with Crippen molar-refractivity contribution >= 4 is 11.8 Å². The summed E-state index contributed by atoms with van der Waals surface area (Å²) in [5, 5.41) is 3.55. The molecule has 0 saturated carbocycles. The van der Waals surface area contributed by atoms with Gasteiger partial charge in [0.1, 0.15) is 0 Å². The van der Waals surface area contributed by atoms with Crippen molar-refractivity contribution < 1.29 is 0 Å². The molecule has 2 aromatic carbocycles. The Kier molecular flexibility index (Phi) is 5.13. The van der Waals surface area contributed by atoms with Gasteiger partial charge in [-0.1, -0.05) is 35.5 Å². The first-order valence-corrected chi connectivity index (χ1v) is 8.24. The fourth-order valence-corrected chi connectivity index (χ4v) is 3.14. The summed E-state index contributed by atoms with van der Waals surface area (Å²) < 4.78 is 0. The molecule has 0 aliphatic heterocycles. The summed E-state index contributed by atoms with van der Waals surface area (Å²) in [5.41, 5.74) is 4.19. The topological polar surface area (TPSA) is 12.0 Å². The largest absolute Gasteiger partial charge is 0.308 e. The number of hydrogen-bond donors (Lipinski definition) is 1. The summed E-state index contributed by atoms with van der Waals surface area (Å²) in [6, 6.07) is 15.4. The van der Waals surface area contributed by atoms with Crippen LogP contribution >= 0.6 is 11.8 Å². The van der Waals surface area contributed by atoms with Crippen molar-refractivity contribution in [2.45, 2.75) is 56.5 Å². The lowest BCUT2D eigenvalue weighted by molar-refractivity contribution is 0.424. The van der Waals surface area contributed by atoms with E-state index in [1.54, 1.807) is 0 Å². The van der Waals surface area contributed by atoms with E-state index in [-0.39, 0.29) is 5.54 Å². The lowest BCUT2D eigenvalue weighted by Gasteiger charge is -2.21. The van der Waals surface area contributed by atoms with Crippen molar-refractivity contribution in [1.82, 2.24) is 5.32 Å². The van der Waals surface area contributed by atoms with Crippen LogP contribution in [0.5, 0.6) is 0 Å². The van der Waals surface area contributed by atoms with Gasteiger partial charge in [-0.3, -0.25) is 0 Å². The Bertz CT molecular complexity index is 611. The highest BCUT2D eigenvalue weighted by molar-refractivity contribution is 7.99. The molecule has 0 aliphatic rings. The van der Waals surface area contributed by atoms with Crippen LogP contribution < -0.4 is 5.32 Å². The van der Waals surface area contributed by atoms with Crippen molar-refractivity contribution in [3.8, 4) is 0 Å². The summed E-state index contributed by atoms with van der Waals surface area (Å²) in [7, 11) is 0. The standard InChI is InChI=1S/C19H25NS/c1-14-7-6-8-17(11-14)21-18-10-9-16(15(2)12-18)13-20-19(3,4)5/h6-12,20H,13H2,1-5H3. The van der Waals surface area contributed by atoms with Crippen molar-refractivity contribution in [1.29, 1.82) is 0 Å². The third-order valence-corrected chi connectivity index (χ3v) is 4.33. The smallest absolute Gasteiger partial charge is 0.0212 e. The molecular weight excluding hydrogens is 274 g/mol. The molecule has 0 spiro atoms. The van der Waals surface area contributed by atoms with Crippen LogP contribution in [0.25, 0.3) is 0 Å². The fraction of sp³-hybridized carbons (Fsp3) is 0.368. The molecule has 0 heterocycles. The van der Waals surface area contributed by atoms with Gasteiger partial charge in [-0.25, -0.2) is 0 Å². The van der Waals surface area contributed by atoms with E-state index < -0.39 is 0 Å². The molecule has 0 atom stereocenters. The molecule has 0 saturated heterocycles. The van der Waals surface area contributed by atoms with Gasteiger partial charge < -0.3 is 5.32 Å². The molecule has 2 rings (SSSR count). The third kappa shape index (κ3) is 5.22. The number of nitrogens with one attached hydrogen (secondary N) is 1. The van der Waals surface area contributed by atoms with E-state index in [0.717, 1.165) is 6.54 Å². The van der Waals surface area contributed by atoms with Gasteiger partial charge in [0.05, 0.1) is 0 Å².